The van der Waals surface area contributed by atoms with Crippen molar-refractivity contribution in [3.05, 3.63) is 82.7 Å². The third-order valence-corrected chi connectivity index (χ3v) is 6.20. The molecule has 2 amide bonds. The number of rotatable bonds is 7. The second kappa shape index (κ2) is 10.8. The Balaban J connectivity index is 1.66. The molecule has 8 nitrogen and oxygen atoms in total. The first kappa shape index (κ1) is 25.8. The van der Waals surface area contributed by atoms with Crippen LogP contribution in [0, 0.1) is 13.8 Å². The number of esters is 1. The van der Waals surface area contributed by atoms with E-state index in [0.29, 0.717) is 35.8 Å². The van der Waals surface area contributed by atoms with E-state index in [-0.39, 0.29) is 16.7 Å². The lowest BCUT2D eigenvalue weighted by Crippen LogP contribution is -2.54. The molecule has 2 aromatic carbocycles. The molecule has 2 heterocycles. The molecule has 0 radical (unpaired) electrons. The van der Waals surface area contributed by atoms with E-state index in [0.717, 1.165) is 17.1 Å². The molecule has 1 aliphatic heterocycles. The Bertz CT molecular complexity index is 1400. The molecule has 1 saturated heterocycles. The fraction of sp³-hybridized carbons (Fsp3) is 0.214. The van der Waals surface area contributed by atoms with Gasteiger partial charge in [-0.25, -0.2) is 4.79 Å². The van der Waals surface area contributed by atoms with E-state index in [2.05, 4.69) is 5.32 Å². The largest absolute Gasteiger partial charge is 0.494 e. The Kier molecular flexibility index (Phi) is 7.54. The van der Waals surface area contributed by atoms with Crippen molar-refractivity contribution < 1.29 is 23.9 Å². The van der Waals surface area contributed by atoms with Gasteiger partial charge in [-0.05, 0) is 106 Å². The van der Waals surface area contributed by atoms with Crippen LogP contribution in [0.4, 0.5) is 5.69 Å². The van der Waals surface area contributed by atoms with Gasteiger partial charge in [0.2, 0.25) is 0 Å². The van der Waals surface area contributed by atoms with Crippen molar-refractivity contribution >= 4 is 46.9 Å². The minimum atomic E-state index is -0.555. The van der Waals surface area contributed by atoms with Gasteiger partial charge in [0.25, 0.3) is 11.8 Å². The number of carbonyl (C=O) groups is 3. The lowest BCUT2D eigenvalue weighted by Gasteiger charge is -2.29. The van der Waals surface area contributed by atoms with Gasteiger partial charge < -0.3 is 14.0 Å². The molecule has 0 spiro atoms. The maximum atomic E-state index is 13.4. The zero-order valence-corrected chi connectivity index (χ0v) is 21.8. The Hall–Kier alpha value is -4.24. The first-order valence-corrected chi connectivity index (χ1v) is 12.3. The van der Waals surface area contributed by atoms with Crippen molar-refractivity contribution in [3.8, 4) is 11.4 Å². The lowest BCUT2D eigenvalue weighted by molar-refractivity contribution is -0.122. The molecule has 1 fully saturated rings. The Morgan fingerprint density at radius 1 is 0.973 bits per heavy atom. The third-order valence-electron chi connectivity index (χ3n) is 5.91. The summed E-state index contributed by atoms with van der Waals surface area (Å²) in [5.41, 5.74) is 4.24. The Labute approximate surface area is 220 Å². The predicted octanol–water partition coefficient (Wildman–Crippen LogP) is 4.50. The highest BCUT2D eigenvalue weighted by atomic mass is 32.1. The van der Waals surface area contributed by atoms with Crippen molar-refractivity contribution in [2.45, 2.75) is 27.7 Å². The minimum absolute atomic E-state index is 0.0171. The van der Waals surface area contributed by atoms with Gasteiger partial charge in [0.1, 0.15) is 11.3 Å². The molecule has 1 aliphatic rings. The normalized spacial score (nSPS) is 14.6. The fourth-order valence-corrected chi connectivity index (χ4v) is 4.48. The van der Waals surface area contributed by atoms with Gasteiger partial charge in [0.05, 0.1) is 24.5 Å². The van der Waals surface area contributed by atoms with Crippen LogP contribution in [0.25, 0.3) is 11.8 Å². The number of benzene rings is 2. The highest BCUT2D eigenvalue weighted by Crippen LogP contribution is 2.27. The summed E-state index contributed by atoms with van der Waals surface area (Å²) in [5.74, 6) is -0.774. The number of nitrogens with one attached hydrogen (secondary N) is 1. The number of hydrogen-bond acceptors (Lipinski definition) is 6. The molecule has 0 saturated carbocycles. The summed E-state index contributed by atoms with van der Waals surface area (Å²) in [6.07, 6.45) is 1.58. The molecule has 3 aromatic rings. The molecule has 1 aromatic heterocycles. The van der Waals surface area contributed by atoms with Gasteiger partial charge in [-0.2, -0.15) is 0 Å². The number of aryl methyl sites for hydroxylation is 1. The van der Waals surface area contributed by atoms with Gasteiger partial charge in [-0.15, -0.1) is 0 Å². The van der Waals surface area contributed by atoms with Crippen LogP contribution in [0.3, 0.4) is 0 Å². The SMILES string of the molecule is CCOC(=O)c1ccc(-n2c(C)cc(C=C3C(=O)NC(=S)N(c4ccc(OCC)cc4)C3=O)c2C)cc1. The number of thiocarbonyl (C=S) groups is 1. The minimum Gasteiger partial charge on any atom is -0.494 e. The van der Waals surface area contributed by atoms with Crippen LogP contribution in [0.15, 0.2) is 60.2 Å². The van der Waals surface area contributed by atoms with Gasteiger partial charge in [0.15, 0.2) is 5.11 Å². The van der Waals surface area contributed by atoms with E-state index in [9.17, 15) is 14.4 Å². The van der Waals surface area contributed by atoms with Crippen LogP contribution in [-0.2, 0) is 14.3 Å². The van der Waals surface area contributed by atoms with Gasteiger partial charge >= 0.3 is 5.97 Å². The van der Waals surface area contributed by atoms with Gasteiger partial charge in [-0.1, -0.05) is 0 Å². The molecule has 0 aliphatic carbocycles. The van der Waals surface area contributed by atoms with Crippen molar-refractivity contribution in [1.29, 1.82) is 0 Å². The first-order valence-electron chi connectivity index (χ1n) is 11.9. The molecule has 9 heteroatoms. The molecular weight excluding hydrogens is 490 g/mol. The molecule has 0 unspecified atom stereocenters. The number of hydrogen-bond donors (Lipinski definition) is 1. The average Bonchev–Trinajstić information content (AvgIpc) is 3.15. The van der Waals surface area contributed by atoms with Crippen molar-refractivity contribution in [1.82, 2.24) is 9.88 Å². The van der Waals surface area contributed by atoms with E-state index in [1.54, 1.807) is 49.4 Å². The van der Waals surface area contributed by atoms with Crippen LogP contribution in [0.1, 0.15) is 41.2 Å². The first-order chi connectivity index (χ1) is 17.7. The van der Waals surface area contributed by atoms with E-state index >= 15 is 0 Å². The molecular formula is C28H27N3O5S. The van der Waals surface area contributed by atoms with E-state index < -0.39 is 11.8 Å². The van der Waals surface area contributed by atoms with Crippen LogP contribution in [0.5, 0.6) is 5.75 Å². The number of ether oxygens (including phenoxy) is 2. The highest BCUT2D eigenvalue weighted by molar-refractivity contribution is 7.80. The van der Waals surface area contributed by atoms with Crippen LogP contribution in [-0.4, -0.2) is 40.7 Å². The summed E-state index contributed by atoms with van der Waals surface area (Å²) in [6, 6.07) is 15.9. The van der Waals surface area contributed by atoms with E-state index in [4.69, 9.17) is 21.7 Å². The van der Waals surface area contributed by atoms with Crippen molar-refractivity contribution in [2.75, 3.05) is 18.1 Å². The van der Waals surface area contributed by atoms with Crippen molar-refractivity contribution in [3.63, 3.8) is 0 Å². The highest BCUT2D eigenvalue weighted by Gasteiger charge is 2.34. The third kappa shape index (κ3) is 5.17. The van der Waals surface area contributed by atoms with E-state index in [1.807, 2.05) is 43.5 Å². The van der Waals surface area contributed by atoms with Crippen molar-refractivity contribution in [2.24, 2.45) is 0 Å². The molecule has 1 N–H and O–H groups in total. The Morgan fingerprint density at radius 3 is 2.24 bits per heavy atom. The maximum Gasteiger partial charge on any atom is 0.338 e. The molecule has 190 valence electrons. The lowest BCUT2D eigenvalue weighted by atomic mass is 10.1. The van der Waals surface area contributed by atoms with Crippen LogP contribution < -0.4 is 15.0 Å². The standard InChI is InChI=1S/C28H27N3O5S/c1-5-35-23-13-11-22(12-14-23)31-26(33)24(25(32)29-28(31)37)16-20-15-17(3)30(18(20)4)21-9-7-19(8-10-21)27(34)36-6-2/h7-16H,5-6H2,1-4H3,(H,29,32,37). The topological polar surface area (TPSA) is 89.9 Å². The monoisotopic (exact) mass is 517 g/mol. The summed E-state index contributed by atoms with van der Waals surface area (Å²) >= 11 is 5.30. The number of aromatic nitrogens is 1. The number of carbonyl (C=O) groups excluding carboxylic acids is 3. The molecule has 37 heavy (non-hydrogen) atoms. The fourth-order valence-electron chi connectivity index (χ4n) is 4.20. The molecule has 0 atom stereocenters. The Morgan fingerprint density at radius 2 is 1.62 bits per heavy atom. The second-order valence-electron chi connectivity index (χ2n) is 8.31. The zero-order valence-electron chi connectivity index (χ0n) is 21.0. The summed E-state index contributed by atoms with van der Waals surface area (Å²) in [6.45, 7) is 8.31. The zero-order chi connectivity index (χ0) is 26.7. The second-order valence-corrected chi connectivity index (χ2v) is 8.70. The predicted molar refractivity (Wildman–Crippen MR) is 145 cm³/mol. The molecule has 0 bridgehead atoms. The number of nitrogens with zero attached hydrogens (tertiary/aromatic N) is 2. The number of amides is 2. The summed E-state index contributed by atoms with van der Waals surface area (Å²) in [4.78, 5) is 39.5. The summed E-state index contributed by atoms with van der Waals surface area (Å²) in [7, 11) is 0. The smallest absolute Gasteiger partial charge is 0.338 e. The maximum absolute atomic E-state index is 13.4. The van der Waals surface area contributed by atoms with E-state index in [1.165, 1.54) is 4.90 Å². The number of anilines is 1. The van der Waals surface area contributed by atoms with Crippen LogP contribution in [0.2, 0.25) is 0 Å². The summed E-state index contributed by atoms with van der Waals surface area (Å²) < 4.78 is 12.5. The van der Waals surface area contributed by atoms with Crippen LogP contribution >= 0.6 is 12.2 Å². The average molecular weight is 518 g/mol. The quantitative estimate of drug-likeness (QED) is 0.215. The van der Waals surface area contributed by atoms with Gasteiger partial charge in [-0.3, -0.25) is 19.8 Å². The summed E-state index contributed by atoms with van der Waals surface area (Å²) in [5, 5.41) is 2.63. The van der Waals surface area contributed by atoms with Gasteiger partial charge in [0, 0.05) is 17.1 Å². The molecule has 4 rings (SSSR count).